The van der Waals surface area contributed by atoms with Gasteiger partial charge in [0.15, 0.2) is 0 Å². The molecule has 0 amide bonds. The molecule has 2 nitrogen and oxygen atoms in total. The van der Waals surface area contributed by atoms with Gasteiger partial charge in [0, 0.05) is 12.6 Å². The summed E-state index contributed by atoms with van der Waals surface area (Å²) in [5.41, 5.74) is 0. The van der Waals surface area contributed by atoms with Gasteiger partial charge < -0.3 is 10.2 Å². The molecule has 0 bridgehead atoms. The zero-order valence-electron chi connectivity index (χ0n) is 11.0. The van der Waals surface area contributed by atoms with Gasteiger partial charge in [-0.15, -0.1) is 0 Å². The van der Waals surface area contributed by atoms with E-state index in [1.54, 1.807) is 0 Å². The molecule has 1 saturated carbocycles. The van der Waals surface area contributed by atoms with Crippen LogP contribution in [-0.4, -0.2) is 37.6 Å². The second kappa shape index (κ2) is 6.02. The third kappa shape index (κ3) is 3.74. The first-order valence-corrected chi connectivity index (χ1v) is 7.16. The lowest BCUT2D eigenvalue weighted by atomic mass is 9.83. The lowest BCUT2D eigenvalue weighted by Crippen LogP contribution is -2.45. The van der Waals surface area contributed by atoms with Crippen molar-refractivity contribution < 1.29 is 0 Å². The highest BCUT2D eigenvalue weighted by Gasteiger charge is 2.21. The number of rotatable bonds is 3. The average Bonchev–Trinajstić information content (AvgIpc) is 2.28. The van der Waals surface area contributed by atoms with Gasteiger partial charge in [0.05, 0.1) is 0 Å². The molecule has 0 aromatic carbocycles. The maximum atomic E-state index is 3.79. The number of hydrogen-bond donors (Lipinski definition) is 1. The van der Waals surface area contributed by atoms with Crippen molar-refractivity contribution in [1.82, 2.24) is 10.2 Å². The number of likely N-dealkylation sites (tertiary alicyclic amines) is 1. The quantitative estimate of drug-likeness (QED) is 0.792. The Morgan fingerprint density at radius 1 is 1.12 bits per heavy atom. The summed E-state index contributed by atoms with van der Waals surface area (Å²) in [4.78, 5) is 2.46. The summed E-state index contributed by atoms with van der Waals surface area (Å²) < 4.78 is 0. The lowest BCUT2D eigenvalue weighted by molar-refractivity contribution is 0.209. The SMILES string of the molecule is CC1CCC(CNC2CCCN(C)C2)CC1. The number of hydrogen-bond acceptors (Lipinski definition) is 2. The minimum Gasteiger partial charge on any atom is -0.312 e. The standard InChI is InChI=1S/C14H28N2/c1-12-5-7-13(8-6-12)10-15-14-4-3-9-16(2)11-14/h12-15H,3-11H2,1-2H3. The molecule has 2 aliphatic rings. The van der Waals surface area contributed by atoms with Crippen LogP contribution >= 0.6 is 0 Å². The van der Waals surface area contributed by atoms with Gasteiger partial charge in [-0.1, -0.05) is 19.8 Å². The van der Waals surface area contributed by atoms with Crippen LogP contribution in [0.3, 0.4) is 0 Å². The van der Waals surface area contributed by atoms with Crippen LogP contribution in [0.1, 0.15) is 45.4 Å². The zero-order chi connectivity index (χ0) is 11.4. The monoisotopic (exact) mass is 224 g/mol. The molecule has 1 atom stereocenters. The first kappa shape index (κ1) is 12.4. The molecular formula is C14H28N2. The molecule has 0 spiro atoms. The average molecular weight is 224 g/mol. The Morgan fingerprint density at radius 2 is 1.88 bits per heavy atom. The van der Waals surface area contributed by atoms with Gasteiger partial charge in [-0.3, -0.25) is 0 Å². The van der Waals surface area contributed by atoms with E-state index in [9.17, 15) is 0 Å². The van der Waals surface area contributed by atoms with E-state index >= 15 is 0 Å². The zero-order valence-corrected chi connectivity index (χ0v) is 11.0. The predicted molar refractivity (Wildman–Crippen MR) is 69.6 cm³/mol. The lowest BCUT2D eigenvalue weighted by Gasteiger charge is -2.33. The number of piperidine rings is 1. The second-order valence-electron chi connectivity index (χ2n) is 6.14. The topological polar surface area (TPSA) is 15.3 Å². The Labute approximate surface area is 101 Å². The summed E-state index contributed by atoms with van der Waals surface area (Å²) in [7, 11) is 2.25. The number of likely N-dealkylation sites (N-methyl/N-ethyl adjacent to an activating group) is 1. The molecule has 1 aliphatic carbocycles. The largest absolute Gasteiger partial charge is 0.312 e. The normalized spacial score (nSPS) is 37.5. The fourth-order valence-corrected chi connectivity index (χ4v) is 3.20. The highest BCUT2D eigenvalue weighted by molar-refractivity contribution is 4.79. The van der Waals surface area contributed by atoms with Crippen LogP contribution in [0.15, 0.2) is 0 Å². The first-order chi connectivity index (χ1) is 7.74. The van der Waals surface area contributed by atoms with E-state index in [4.69, 9.17) is 0 Å². The Balaban J connectivity index is 1.63. The Bertz CT molecular complexity index is 197. The van der Waals surface area contributed by atoms with Gasteiger partial charge in [-0.2, -0.15) is 0 Å². The van der Waals surface area contributed by atoms with Crippen molar-refractivity contribution in [3.63, 3.8) is 0 Å². The molecule has 0 radical (unpaired) electrons. The van der Waals surface area contributed by atoms with E-state index in [2.05, 4.69) is 24.2 Å². The van der Waals surface area contributed by atoms with Crippen molar-refractivity contribution in [3.05, 3.63) is 0 Å². The van der Waals surface area contributed by atoms with Gasteiger partial charge in [-0.05, 0) is 57.7 Å². The third-order valence-corrected chi connectivity index (χ3v) is 4.46. The Morgan fingerprint density at radius 3 is 2.56 bits per heavy atom. The molecule has 16 heavy (non-hydrogen) atoms. The summed E-state index contributed by atoms with van der Waals surface area (Å²) >= 11 is 0. The van der Waals surface area contributed by atoms with E-state index in [0.29, 0.717) is 0 Å². The maximum Gasteiger partial charge on any atom is 0.0195 e. The van der Waals surface area contributed by atoms with E-state index in [1.165, 1.54) is 58.2 Å². The van der Waals surface area contributed by atoms with Gasteiger partial charge in [0.1, 0.15) is 0 Å². The molecule has 0 aromatic heterocycles. The van der Waals surface area contributed by atoms with Crippen LogP contribution in [-0.2, 0) is 0 Å². The molecule has 2 heteroatoms. The molecule has 1 unspecified atom stereocenters. The van der Waals surface area contributed by atoms with Gasteiger partial charge in [0.2, 0.25) is 0 Å². The summed E-state index contributed by atoms with van der Waals surface area (Å²) in [6, 6.07) is 0.762. The Kier molecular flexibility index (Phi) is 4.66. The van der Waals surface area contributed by atoms with Gasteiger partial charge in [-0.25, -0.2) is 0 Å². The van der Waals surface area contributed by atoms with Crippen molar-refractivity contribution in [2.45, 2.75) is 51.5 Å². The van der Waals surface area contributed by atoms with Crippen LogP contribution < -0.4 is 5.32 Å². The molecular weight excluding hydrogens is 196 g/mol. The molecule has 94 valence electrons. The van der Waals surface area contributed by atoms with E-state index in [0.717, 1.165) is 17.9 Å². The van der Waals surface area contributed by atoms with E-state index in [1.807, 2.05) is 0 Å². The van der Waals surface area contributed by atoms with Crippen molar-refractivity contribution in [1.29, 1.82) is 0 Å². The maximum absolute atomic E-state index is 3.79. The molecule has 0 aromatic rings. The molecule has 1 heterocycles. The minimum absolute atomic E-state index is 0.762. The van der Waals surface area contributed by atoms with Gasteiger partial charge in [0.25, 0.3) is 0 Å². The molecule has 1 aliphatic heterocycles. The summed E-state index contributed by atoms with van der Waals surface area (Å²) in [5.74, 6) is 1.94. The van der Waals surface area contributed by atoms with Crippen LogP contribution in [0.4, 0.5) is 0 Å². The molecule has 1 N–H and O–H groups in total. The van der Waals surface area contributed by atoms with Crippen LogP contribution in [0.2, 0.25) is 0 Å². The molecule has 2 fully saturated rings. The number of nitrogens with one attached hydrogen (secondary N) is 1. The van der Waals surface area contributed by atoms with Gasteiger partial charge >= 0.3 is 0 Å². The predicted octanol–water partition coefficient (Wildman–Crippen LogP) is 2.50. The second-order valence-corrected chi connectivity index (χ2v) is 6.14. The minimum atomic E-state index is 0.762. The fraction of sp³-hybridized carbons (Fsp3) is 1.00. The summed E-state index contributed by atoms with van der Waals surface area (Å²) in [6.07, 6.45) is 8.57. The van der Waals surface area contributed by atoms with Crippen LogP contribution in [0, 0.1) is 11.8 Å². The highest BCUT2D eigenvalue weighted by Crippen LogP contribution is 2.27. The number of nitrogens with zero attached hydrogens (tertiary/aromatic N) is 1. The van der Waals surface area contributed by atoms with E-state index in [-0.39, 0.29) is 0 Å². The van der Waals surface area contributed by atoms with Crippen molar-refractivity contribution in [2.24, 2.45) is 11.8 Å². The Hall–Kier alpha value is -0.0800. The first-order valence-electron chi connectivity index (χ1n) is 7.16. The van der Waals surface area contributed by atoms with Crippen molar-refractivity contribution >= 4 is 0 Å². The van der Waals surface area contributed by atoms with Crippen molar-refractivity contribution in [3.8, 4) is 0 Å². The third-order valence-electron chi connectivity index (χ3n) is 4.46. The summed E-state index contributed by atoms with van der Waals surface area (Å²) in [5, 5.41) is 3.79. The smallest absolute Gasteiger partial charge is 0.0195 e. The fourth-order valence-electron chi connectivity index (χ4n) is 3.20. The van der Waals surface area contributed by atoms with Crippen molar-refractivity contribution in [2.75, 3.05) is 26.7 Å². The highest BCUT2D eigenvalue weighted by atomic mass is 15.1. The molecule has 1 saturated heterocycles. The summed E-state index contributed by atoms with van der Waals surface area (Å²) in [6.45, 7) is 6.22. The van der Waals surface area contributed by atoms with Crippen LogP contribution in [0.25, 0.3) is 0 Å². The van der Waals surface area contributed by atoms with Crippen LogP contribution in [0.5, 0.6) is 0 Å². The van der Waals surface area contributed by atoms with E-state index < -0.39 is 0 Å². The molecule has 2 rings (SSSR count).